The van der Waals surface area contributed by atoms with Gasteiger partial charge >= 0.3 is 5.97 Å². The normalized spacial score (nSPS) is 39.2. The van der Waals surface area contributed by atoms with Crippen LogP contribution in [0.25, 0.3) is 0 Å². The van der Waals surface area contributed by atoms with Gasteiger partial charge in [0, 0.05) is 27.6 Å². The quantitative estimate of drug-likeness (QED) is 0.537. The summed E-state index contributed by atoms with van der Waals surface area (Å²) in [5.41, 5.74) is 0. The summed E-state index contributed by atoms with van der Waals surface area (Å²) in [6, 6.07) is 0. The molecule has 3 atom stereocenters. The maximum atomic E-state index is 11.6. The molecule has 0 aromatic rings. The van der Waals surface area contributed by atoms with Gasteiger partial charge in [-0.3, -0.25) is 0 Å². The van der Waals surface area contributed by atoms with Crippen LogP contribution in [0.3, 0.4) is 0 Å². The average Bonchev–Trinajstić information content (AvgIpc) is 2.26. The number of rotatable bonds is 4. The molecule has 0 bridgehead atoms. The smallest absolute Gasteiger partial charge is 0.338 e. The van der Waals surface area contributed by atoms with Crippen LogP contribution in [-0.4, -0.2) is 37.9 Å². The number of cyclic esters (lactones) is 1. The minimum absolute atomic E-state index is 0.373. The number of hydrogen-bond donors (Lipinski definition) is 0. The van der Waals surface area contributed by atoms with E-state index in [0.717, 1.165) is 0 Å². The highest BCUT2D eigenvalue weighted by molar-refractivity contribution is 5.76. The fourth-order valence-electron chi connectivity index (χ4n) is 1.53. The van der Waals surface area contributed by atoms with Gasteiger partial charge in [0.15, 0.2) is 6.10 Å². The van der Waals surface area contributed by atoms with E-state index in [4.69, 9.17) is 18.9 Å². The van der Waals surface area contributed by atoms with E-state index in [1.54, 1.807) is 19.9 Å². The standard InChI is InChI=1S/C11H18O5/c1-6-7-8-9(12)16-11(3,14-5)10(2,13-4)15-8/h6,8H,1,7H2,2-5H3/t8-,10+,11+/m1/s1. The second-order valence-corrected chi connectivity index (χ2v) is 3.85. The van der Waals surface area contributed by atoms with Crippen LogP contribution in [0.1, 0.15) is 20.3 Å². The van der Waals surface area contributed by atoms with Crippen molar-refractivity contribution in [2.75, 3.05) is 14.2 Å². The van der Waals surface area contributed by atoms with Crippen molar-refractivity contribution in [3.05, 3.63) is 12.7 Å². The molecule has 5 heteroatoms. The third-order valence-electron chi connectivity index (χ3n) is 2.91. The largest absolute Gasteiger partial charge is 0.425 e. The van der Waals surface area contributed by atoms with E-state index >= 15 is 0 Å². The van der Waals surface area contributed by atoms with Crippen molar-refractivity contribution >= 4 is 5.97 Å². The van der Waals surface area contributed by atoms with E-state index < -0.39 is 23.6 Å². The number of carbonyl (C=O) groups excluding carboxylic acids is 1. The molecule has 1 saturated heterocycles. The SMILES string of the molecule is C=CC[C@H]1O[C@](C)(OC)[C@@](C)(OC)OC1=O. The molecule has 5 nitrogen and oxygen atoms in total. The minimum Gasteiger partial charge on any atom is -0.425 e. The molecule has 0 aliphatic carbocycles. The Hall–Kier alpha value is -0.910. The predicted octanol–water partition coefficient (Wildman–Crippen LogP) is 1.23. The Morgan fingerprint density at radius 1 is 1.38 bits per heavy atom. The van der Waals surface area contributed by atoms with Gasteiger partial charge in [-0.2, -0.15) is 0 Å². The molecule has 0 aromatic carbocycles. The molecule has 0 spiro atoms. The molecule has 0 unspecified atom stereocenters. The Kier molecular flexibility index (Phi) is 3.72. The molecule has 1 fully saturated rings. The first-order valence-corrected chi connectivity index (χ1v) is 5.04. The highest BCUT2D eigenvalue weighted by Gasteiger charge is 2.57. The molecule has 16 heavy (non-hydrogen) atoms. The number of hydrogen-bond acceptors (Lipinski definition) is 5. The van der Waals surface area contributed by atoms with Crippen molar-refractivity contribution in [1.82, 2.24) is 0 Å². The molecule has 1 aliphatic rings. The Bertz CT molecular complexity index is 290. The predicted molar refractivity (Wildman–Crippen MR) is 56.6 cm³/mol. The molecule has 1 aliphatic heterocycles. The van der Waals surface area contributed by atoms with E-state index in [1.165, 1.54) is 14.2 Å². The minimum atomic E-state index is -1.25. The highest BCUT2D eigenvalue weighted by atomic mass is 16.8. The van der Waals surface area contributed by atoms with Crippen molar-refractivity contribution in [3.63, 3.8) is 0 Å². The van der Waals surface area contributed by atoms with E-state index in [9.17, 15) is 4.79 Å². The summed E-state index contributed by atoms with van der Waals surface area (Å²) in [7, 11) is 2.91. The maximum absolute atomic E-state index is 11.6. The molecular formula is C11H18O5. The van der Waals surface area contributed by atoms with Crippen LogP contribution in [-0.2, 0) is 23.7 Å². The number of ether oxygens (including phenoxy) is 4. The summed E-state index contributed by atoms with van der Waals surface area (Å²) in [5, 5.41) is 0. The summed E-state index contributed by atoms with van der Waals surface area (Å²) < 4.78 is 21.2. The van der Waals surface area contributed by atoms with Crippen molar-refractivity contribution in [2.24, 2.45) is 0 Å². The zero-order valence-corrected chi connectivity index (χ0v) is 10.1. The monoisotopic (exact) mass is 230 g/mol. The third kappa shape index (κ3) is 1.98. The summed E-state index contributed by atoms with van der Waals surface area (Å²) in [4.78, 5) is 11.6. The zero-order valence-electron chi connectivity index (χ0n) is 10.1. The molecule has 0 amide bonds. The summed E-state index contributed by atoms with van der Waals surface area (Å²) in [6.45, 7) is 6.82. The lowest BCUT2D eigenvalue weighted by molar-refractivity contribution is -0.405. The van der Waals surface area contributed by atoms with Crippen LogP contribution >= 0.6 is 0 Å². The molecule has 1 heterocycles. The van der Waals surface area contributed by atoms with Crippen LogP contribution in [0.15, 0.2) is 12.7 Å². The molecule has 0 aromatic heterocycles. The van der Waals surface area contributed by atoms with Gasteiger partial charge in [0.05, 0.1) is 0 Å². The first kappa shape index (κ1) is 13.2. The molecule has 0 radical (unpaired) electrons. The first-order chi connectivity index (χ1) is 7.42. The van der Waals surface area contributed by atoms with Crippen molar-refractivity contribution in [1.29, 1.82) is 0 Å². The van der Waals surface area contributed by atoms with Gasteiger partial charge in [-0.05, 0) is 6.92 Å². The van der Waals surface area contributed by atoms with E-state index in [0.29, 0.717) is 6.42 Å². The molecular weight excluding hydrogens is 212 g/mol. The van der Waals surface area contributed by atoms with Gasteiger partial charge in [-0.25, -0.2) is 4.79 Å². The highest BCUT2D eigenvalue weighted by Crippen LogP contribution is 2.37. The van der Waals surface area contributed by atoms with E-state index in [-0.39, 0.29) is 0 Å². The van der Waals surface area contributed by atoms with Gasteiger partial charge < -0.3 is 18.9 Å². The van der Waals surface area contributed by atoms with Gasteiger partial charge in [0.25, 0.3) is 5.79 Å². The molecule has 0 saturated carbocycles. The second-order valence-electron chi connectivity index (χ2n) is 3.85. The van der Waals surface area contributed by atoms with Crippen molar-refractivity contribution in [3.8, 4) is 0 Å². The van der Waals surface area contributed by atoms with Crippen LogP contribution < -0.4 is 0 Å². The Labute approximate surface area is 95.3 Å². The van der Waals surface area contributed by atoms with Gasteiger partial charge in [0.2, 0.25) is 5.79 Å². The first-order valence-electron chi connectivity index (χ1n) is 5.04. The zero-order chi connectivity index (χ0) is 12.4. The van der Waals surface area contributed by atoms with Gasteiger partial charge in [-0.15, -0.1) is 6.58 Å². The lowest BCUT2D eigenvalue weighted by Crippen LogP contribution is -2.63. The molecule has 0 N–H and O–H groups in total. The summed E-state index contributed by atoms with van der Waals surface area (Å²) in [6.07, 6.45) is 1.26. The van der Waals surface area contributed by atoms with E-state index in [2.05, 4.69) is 6.58 Å². The van der Waals surface area contributed by atoms with Gasteiger partial charge in [-0.1, -0.05) is 6.08 Å². The topological polar surface area (TPSA) is 54.0 Å². The van der Waals surface area contributed by atoms with Crippen molar-refractivity contribution < 1.29 is 23.7 Å². The van der Waals surface area contributed by atoms with Crippen molar-refractivity contribution in [2.45, 2.75) is 37.9 Å². The molecule has 1 rings (SSSR count). The maximum Gasteiger partial charge on any atom is 0.338 e. The Morgan fingerprint density at radius 3 is 2.38 bits per heavy atom. The number of carbonyl (C=O) groups is 1. The number of methoxy groups -OCH3 is 2. The van der Waals surface area contributed by atoms with Crippen LogP contribution in [0.4, 0.5) is 0 Å². The van der Waals surface area contributed by atoms with Gasteiger partial charge in [0.1, 0.15) is 0 Å². The van der Waals surface area contributed by atoms with E-state index in [1.807, 2.05) is 0 Å². The lowest BCUT2D eigenvalue weighted by atomic mass is 10.1. The second kappa shape index (κ2) is 4.53. The Morgan fingerprint density at radius 2 is 1.94 bits per heavy atom. The fraction of sp³-hybridized carbons (Fsp3) is 0.727. The van der Waals surface area contributed by atoms with Crippen LogP contribution in [0.5, 0.6) is 0 Å². The fourth-order valence-corrected chi connectivity index (χ4v) is 1.53. The van der Waals surface area contributed by atoms with Crippen LogP contribution in [0, 0.1) is 0 Å². The average molecular weight is 230 g/mol. The lowest BCUT2D eigenvalue weighted by Gasteiger charge is -2.47. The summed E-state index contributed by atoms with van der Waals surface area (Å²) in [5.74, 6) is -2.86. The van der Waals surface area contributed by atoms with Crippen LogP contribution in [0.2, 0.25) is 0 Å². The molecule has 92 valence electrons. The summed E-state index contributed by atoms with van der Waals surface area (Å²) >= 11 is 0. The number of esters is 1. The third-order valence-corrected chi connectivity index (χ3v) is 2.91. The Balaban J connectivity index is 2.96.